The molecule has 1 atom stereocenters. The first-order valence-electron chi connectivity index (χ1n) is 6.37. The molecule has 3 heterocycles. The van der Waals surface area contributed by atoms with Crippen LogP contribution < -0.4 is 0 Å². The standard InChI is InChI=1S/C14H15N3O2/c1-10-8-13(16-19-10)14(18)17-7-5-11(9-17)12-4-2-3-6-15-12/h2-4,6,8,11H,5,7,9H2,1H3. The molecule has 1 saturated heterocycles. The summed E-state index contributed by atoms with van der Waals surface area (Å²) in [6, 6.07) is 7.57. The lowest BCUT2D eigenvalue weighted by molar-refractivity contribution is 0.0780. The molecule has 0 bridgehead atoms. The predicted octanol–water partition coefficient (Wildman–Crippen LogP) is 2.01. The Morgan fingerprint density at radius 2 is 2.37 bits per heavy atom. The van der Waals surface area contributed by atoms with Gasteiger partial charge in [0, 0.05) is 37.0 Å². The topological polar surface area (TPSA) is 59.2 Å². The molecule has 1 fully saturated rings. The van der Waals surface area contributed by atoms with Crippen LogP contribution in [-0.4, -0.2) is 34.0 Å². The van der Waals surface area contributed by atoms with E-state index in [0.29, 0.717) is 23.9 Å². The summed E-state index contributed by atoms with van der Waals surface area (Å²) in [6.45, 7) is 3.22. The van der Waals surface area contributed by atoms with Gasteiger partial charge in [0.2, 0.25) is 0 Å². The number of nitrogens with zero attached hydrogens (tertiary/aromatic N) is 3. The number of amides is 1. The molecule has 5 nitrogen and oxygen atoms in total. The van der Waals surface area contributed by atoms with Crippen LogP contribution in [0, 0.1) is 6.92 Å². The molecule has 0 radical (unpaired) electrons. The summed E-state index contributed by atoms with van der Waals surface area (Å²) in [7, 11) is 0. The van der Waals surface area contributed by atoms with Crippen LogP contribution in [0.1, 0.15) is 34.3 Å². The highest BCUT2D eigenvalue weighted by molar-refractivity contribution is 5.92. The van der Waals surface area contributed by atoms with Crippen molar-refractivity contribution in [2.75, 3.05) is 13.1 Å². The fourth-order valence-electron chi connectivity index (χ4n) is 2.43. The van der Waals surface area contributed by atoms with Crippen molar-refractivity contribution in [1.82, 2.24) is 15.0 Å². The zero-order valence-electron chi connectivity index (χ0n) is 10.7. The van der Waals surface area contributed by atoms with Crippen LogP contribution in [0.4, 0.5) is 0 Å². The zero-order valence-corrected chi connectivity index (χ0v) is 10.7. The van der Waals surface area contributed by atoms with E-state index in [-0.39, 0.29) is 5.91 Å². The first kappa shape index (κ1) is 11.9. The fraction of sp³-hybridized carbons (Fsp3) is 0.357. The molecule has 1 amide bonds. The van der Waals surface area contributed by atoms with Gasteiger partial charge in [0.1, 0.15) is 5.76 Å². The van der Waals surface area contributed by atoms with Crippen LogP contribution in [0.15, 0.2) is 35.0 Å². The van der Waals surface area contributed by atoms with Crippen LogP contribution in [0.3, 0.4) is 0 Å². The number of hydrogen-bond donors (Lipinski definition) is 0. The van der Waals surface area contributed by atoms with Crippen LogP contribution in [-0.2, 0) is 0 Å². The molecule has 2 aromatic heterocycles. The summed E-state index contributed by atoms with van der Waals surface area (Å²) in [5.41, 5.74) is 1.44. The van der Waals surface area contributed by atoms with Crippen LogP contribution in [0.2, 0.25) is 0 Å². The van der Waals surface area contributed by atoms with Gasteiger partial charge in [-0.05, 0) is 25.5 Å². The highest BCUT2D eigenvalue weighted by Gasteiger charge is 2.29. The van der Waals surface area contributed by atoms with Crippen molar-refractivity contribution in [3.8, 4) is 0 Å². The number of aromatic nitrogens is 2. The number of carbonyl (C=O) groups excluding carboxylic acids is 1. The van der Waals surface area contributed by atoms with Gasteiger partial charge in [0.25, 0.3) is 5.91 Å². The van der Waals surface area contributed by atoms with E-state index >= 15 is 0 Å². The second-order valence-electron chi connectivity index (χ2n) is 4.81. The van der Waals surface area contributed by atoms with Gasteiger partial charge in [0.15, 0.2) is 5.69 Å². The van der Waals surface area contributed by atoms with E-state index in [4.69, 9.17) is 4.52 Å². The van der Waals surface area contributed by atoms with Gasteiger partial charge < -0.3 is 9.42 Å². The number of pyridine rings is 1. The van der Waals surface area contributed by atoms with Gasteiger partial charge >= 0.3 is 0 Å². The fourth-order valence-corrected chi connectivity index (χ4v) is 2.43. The Kier molecular flexibility index (Phi) is 3.03. The van der Waals surface area contributed by atoms with Gasteiger partial charge in [-0.3, -0.25) is 9.78 Å². The molecule has 3 rings (SSSR count). The highest BCUT2D eigenvalue weighted by atomic mass is 16.5. The molecule has 98 valence electrons. The number of hydrogen-bond acceptors (Lipinski definition) is 4. The molecule has 0 spiro atoms. The van der Waals surface area contributed by atoms with E-state index in [2.05, 4.69) is 10.1 Å². The molecule has 0 aromatic carbocycles. The van der Waals surface area contributed by atoms with E-state index in [1.54, 1.807) is 19.2 Å². The summed E-state index contributed by atoms with van der Waals surface area (Å²) >= 11 is 0. The average Bonchev–Trinajstić information content (AvgIpc) is 3.08. The molecule has 0 saturated carbocycles. The van der Waals surface area contributed by atoms with E-state index < -0.39 is 0 Å². The molecule has 1 unspecified atom stereocenters. The third-order valence-electron chi connectivity index (χ3n) is 3.43. The summed E-state index contributed by atoms with van der Waals surface area (Å²) in [5, 5.41) is 3.78. The van der Waals surface area contributed by atoms with Gasteiger partial charge in [0.05, 0.1) is 0 Å². The lowest BCUT2D eigenvalue weighted by atomic mass is 10.0. The monoisotopic (exact) mass is 257 g/mol. The van der Waals surface area contributed by atoms with Crippen LogP contribution in [0.5, 0.6) is 0 Å². The van der Waals surface area contributed by atoms with Crippen molar-refractivity contribution in [3.63, 3.8) is 0 Å². The summed E-state index contributed by atoms with van der Waals surface area (Å²) in [4.78, 5) is 18.4. The Morgan fingerprint density at radius 1 is 1.47 bits per heavy atom. The quantitative estimate of drug-likeness (QED) is 0.825. The molecule has 2 aromatic rings. The second-order valence-corrected chi connectivity index (χ2v) is 4.81. The Labute approximate surface area is 111 Å². The number of aryl methyl sites for hydroxylation is 1. The Balaban J connectivity index is 1.71. The summed E-state index contributed by atoms with van der Waals surface area (Å²) in [6.07, 6.45) is 2.74. The van der Waals surface area contributed by atoms with Gasteiger partial charge in [-0.1, -0.05) is 11.2 Å². The molecule has 19 heavy (non-hydrogen) atoms. The van der Waals surface area contributed by atoms with Crippen molar-refractivity contribution < 1.29 is 9.32 Å². The van der Waals surface area contributed by atoms with Crippen molar-refractivity contribution in [2.45, 2.75) is 19.3 Å². The van der Waals surface area contributed by atoms with Crippen molar-refractivity contribution >= 4 is 5.91 Å². The third kappa shape index (κ3) is 2.36. The average molecular weight is 257 g/mol. The number of rotatable bonds is 2. The van der Waals surface area contributed by atoms with Gasteiger partial charge in [-0.2, -0.15) is 0 Å². The van der Waals surface area contributed by atoms with E-state index in [9.17, 15) is 4.79 Å². The van der Waals surface area contributed by atoms with Crippen molar-refractivity contribution in [2.24, 2.45) is 0 Å². The Morgan fingerprint density at radius 3 is 3.05 bits per heavy atom. The van der Waals surface area contributed by atoms with Crippen molar-refractivity contribution in [3.05, 3.63) is 47.6 Å². The molecule has 1 aliphatic heterocycles. The molecule has 0 N–H and O–H groups in total. The molecule has 1 aliphatic rings. The van der Waals surface area contributed by atoms with Gasteiger partial charge in [-0.15, -0.1) is 0 Å². The normalized spacial score (nSPS) is 18.8. The zero-order chi connectivity index (χ0) is 13.2. The minimum atomic E-state index is -0.0599. The smallest absolute Gasteiger partial charge is 0.276 e. The lowest BCUT2D eigenvalue weighted by Crippen LogP contribution is -2.28. The van der Waals surface area contributed by atoms with E-state index in [1.807, 2.05) is 23.1 Å². The number of likely N-dealkylation sites (tertiary alicyclic amines) is 1. The third-order valence-corrected chi connectivity index (χ3v) is 3.43. The minimum Gasteiger partial charge on any atom is -0.361 e. The summed E-state index contributed by atoms with van der Waals surface area (Å²) < 4.78 is 4.95. The van der Waals surface area contributed by atoms with Crippen LogP contribution in [0.25, 0.3) is 0 Å². The molecular formula is C14H15N3O2. The Hall–Kier alpha value is -2.17. The minimum absolute atomic E-state index is 0.0599. The first-order chi connectivity index (χ1) is 9.24. The maximum Gasteiger partial charge on any atom is 0.276 e. The number of carbonyl (C=O) groups is 1. The lowest BCUT2D eigenvalue weighted by Gasteiger charge is -2.14. The van der Waals surface area contributed by atoms with Crippen LogP contribution >= 0.6 is 0 Å². The largest absolute Gasteiger partial charge is 0.361 e. The second kappa shape index (κ2) is 4.84. The SMILES string of the molecule is Cc1cc(C(=O)N2CCC(c3ccccn3)C2)no1. The molecule has 0 aliphatic carbocycles. The highest BCUT2D eigenvalue weighted by Crippen LogP contribution is 2.26. The maximum atomic E-state index is 12.2. The maximum absolute atomic E-state index is 12.2. The summed E-state index contributed by atoms with van der Waals surface area (Å²) in [5.74, 6) is 0.914. The Bertz CT molecular complexity index is 579. The molecular weight excluding hydrogens is 242 g/mol. The predicted molar refractivity (Wildman–Crippen MR) is 68.7 cm³/mol. The van der Waals surface area contributed by atoms with Gasteiger partial charge in [-0.25, -0.2) is 0 Å². The molecule has 5 heteroatoms. The van der Waals surface area contributed by atoms with Crippen molar-refractivity contribution in [1.29, 1.82) is 0 Å². The van der Waals surface area contributed by atoms with E-state index in [0.717, 1.165) is 18.7 Å². The van der Waals surface area contributed by atoms with E-state index in [1.165, 1.54) is 0 Å². The first-order valence-corrected chi connectivity index (χ1v) is 6.37.